The van der Waals surface area contributed by atoms with E-state index in [0.29, 0.717) is 6.04 Å². The first-order chi connectivity index (χ1) is 11.1. The smallest absolute Gasteiger partial charge is 0.239 e. The van der Waals surface area contributed by atoms with Crippen molar-refractivity contribution in [3.8, 4) is 0 Å². The van der Waals surface area contributed by atoms with Gasteiger partial charge in [-0.05, 0) is 38.0 Å². The van der Waals surface area contributed by atoms with E-state index in [1.165, 1.54) is 12.8 Å². The van der Waals surface area contributed by atoms with Crippen molar-refractivity contribution in [3.63, 3.8) is 0 Å². The van der Waals surface area contributed by atoms with Crippen LogP contribution >= 0.6 is 0 Å². The van der Waals surface area contributed by atoms with Gasteiger partial charge in [0.25, 0.3) is 0 Å². The summed E-state index contributed by atoms with van der Waals surface area (Å²) < 4.78 is 0. The fourth-order valence-corrected chi connectivity index (χ4v) is 3.97. The Kier molecular flexibility index (Phi) is 5.95. The predicted octanol–water partition coefficient (Wildman–Crippen LogP) is 2.26. The van der Waals surface area contributed by atoms with E-state index in [1.54, 1.807) is 19.0 Å². The minimum absolute atomic E-state index is 0.109. The number of rotatable bonds is 3. The molecule has 0 spiro atoms. The van der Waals surface area contributed by atoms with E-state index >= 15 is 0 Å². The van der Waals surface area contributed by atoms with Crippen LogP contribution in [0, 0.1) is 11.3 Å². The Bertz CT molecular complexity index is 462. The number of hydrogen-bond acceptors (Lipinski definition) is 3. The van der Waals surface area contributed by atoms with Gasteiger partial charge in [-0.15, -0.1) is 0 Å². The lowest BCUT2D eigenvalue weighted by Crippen LogP contribution is -2.53. The molecule has 2 amide bonds. The Morgan fingerprint density at radius 2 is 1.58 bits per heavy atom. The lowest BCUT2D eigenvalue weighted by atomic mass is 9.84. The Morgan fingerprint density at radius 1 is 1.00 bits per heavy atom. The van der Waals surface area contributed by atoms with Gasteiger partial charge in [-0.2, -0.15) is 0 Å². The van der Waals surface area contributed by atoms with Gasteiger partial charge in [-0.25, -0.2) is 0 Å². The maximum absolute atomic E-state index is 13.1. The minimum Gasteiger partial charge on any atom is -0.347 e. The highest BCUT2D eigenvalue weighted by Gasteiger charge is 2.42. The van der Waals surface area contributed by atoms with Gasteiger partial charge in [-0.3, -0.25) is 9.59 Å². The van der Waals surface area contributed by atoms with E-state index in [9.17, 15) is 9.59 Å². The molecular formula is C19H35N3O2. The number of carbonyl (C=O) groups excluding carboxylic acids is 2. The molecule has 1 aliphatic heterocycles. The molecule has 0 aromatic carbocycles. The van der Waals surface area contributed by atoms with E-state index < -0.39 is 0 Å². The van der Waals surface area contributed by atoms with Gasteiger partial charge in [-0.1, -0.05) is 27.7 Å². The van der Waals surface area contributed by atoms with Crippen LogP contribution in [0.5, 0.6) is 0 Å². The average molecular weight is 338 g/mol. The monoisotopic (exact) mass is 337 g/mol. The molecule has 24 heavy (non-hydrogen) atoms. The first kappa shape index (κ1) is 19.2. The summed E-state index contributed by atoms with van der Waals surface area (Å²) in [6.45, 7) is 9.02. The van der Waals surface area contributed by atoms with E-state index in [-0.39, 0.29) is 29.3 Å². The first-order valence-electron chi connectivity index (χ1n) is 9.38. The molecule has 2 fully saturated rings. The largest absolute Gasteiger partial charge is 0.347 e. The fourth-order valence-electron chi connectivity index (χ4n) is 3.97. The van der Waals surface area contributed by atoms with Crippen LogP contribution in [0.3, 0.4) is 0 Å². The van der Waals surface area contributed by atoms with Crippen LogP contribution in [0.25, 0.3) is 0 Å². The molecule has 2 aliphatic rings. The average Bonchev–Trinajstić information content (AvgIpc) is 2.97. The van der Waals surface area contributed by atoms with E-state index in [0.717, 1.165) is 31.7 Å². The summed E-state index contributed by atoms with van der Waals surface area (Å²) in [6.07, 6.45) is 5.29. The second-order valence-electron chi connectivity index (χ2n) is 8.96. The molecule has 0 aromatic rings. The van der Waals surface area contributed by atoms with Crippen LogP contribution < -0.4 is 5.32 Å². The molecule has 0 bridgehead atoms. The molecule has 1 heterocycles. The summed E-state index contributed by atoms with van der Waals surface area (Å²) in [5.41, 5.74) is -0.382. The fraction of sp³-hybridized carbons (Fsp3) is 0.895. The van der Waals surface area contributed by atoms with Crippen LogP contribution in [-0.4, -0.2) is 60.4 Å². The number of likely N-dealkylation sites (N-methyl/N-ethyl adjacent to an activating group) is 1. The van der Waals surface area contributed by atoms with Crippen LogP contribution in [0.15, 0.2) is 0 Å². The quantitative estimate of drug-likeness (QED) is 0.859. The van der Waals surface area contributed by atoms with Gasteiger partial charge in [0.1, 0.15) is 0 Å². The summed E-state index contributed by atoms with van der Waals surface area (Å²) in [6, 6.07) is 0.291. The molecule has 1 N–H and O–H groups in total. The second kappa shape index (κ2) is 7.42. The standard InChI is InChI=1S/C19H35N3O2/c1-13-7-9-14(10-8-13)22(18(24)19(2,3)4)15-11-16(20-12-15)17(23)21(5)6/h13-16,20H,7-12H2,1-6H3/t13?,14?,15?,16-/m0/s1. The molecule has 2 rings (SSSR count). The number of amides is 2. The van der Waals surface area contributed by atoms with Gasteiger partial charge in [0, 0.05) is 38.1 Å². The van der Waals surface area contributed by atoms with Gasteiger partial charge in [0.15, 0.2) is 0 Å². The Hall–Kier alpha value is -1.10. The zero-order valence-corrected chi connectivity index (χ0v) is 16.3. The summed E-state index contributed by atoms with van der Waals surface area (Å²) in [5.74, 6) is 1.10. The lowest BCUT2D eigenvalue weighted by molar-refractivity contribution is -0.145. The van der Waals surface area contributed by atoms with Gasteiger partial charge >= 0.3 is 0 Å². The van der Waals surface area contributed by atoms with Crippen molar-refractivity contribution in [2.75, 3.05) is 20.6 Å². The van der Waals surface area contributed by atoms with E-state index in [2.05, 4.69) is 17.1 Å². The number of carbonyl (C=O) groups is 2. The third kappa shape index (κ3) is 4.29. The Balaban J connectivity index is 2.15. The molecule has 1 unspecified atom stereocenters. The summed E-state index contributed by atoms with van der Waals surface area (Å²) >= 11 is 0. The van der Waals surface area contributed by atoms with E-state index in [1.807, 2.05) is 20.8 Å². The number of nitrogens with zero attached hydrogens (tertiary/aromatic N) is 2. The van der Waals surface area contributed by atoms with Crippen molar-refractivity contribution >= 4 is 11.8 Å². The van der Waals surface area contributed by atoms with Crippen LogP contribution in [-0.2, 0) is 9.59 Å². The molecule has 2 atom stereocenters. The van der Waals surface area contributed by atoms with Gasteiger partial charge < -0.3 is 15.1 Å². The van der Waals surface area contributed by atoms with Crippen molar-refractivity contribution in [1.29, 1.82) is 0 Å². The van der Waals surface area contributed by atoms with Crippen molar-refractivity contribution in [1.82, 2.24) is 15.1 Å². The first-order valence-corrected chi connectivity index (χ1v) is 9.38. The van der Waals surface area contributed by atoms with Gasteiger partial charge in [0.05, 0.1) is 6.04 Å². The Morgan fingerprint density at radius 3 is 2.08 bits per heavy atom. The number of nitrogens with one attached hydrogen (secondary N) is 1. The zero-order valence-electron chi connectivity index (χ0n) is 16.3. The highest BCUT2D eigenvalue weighted by Crippen LogP contribution is 2.33. The Labute approximate surface area is 147 Å². The zero-order chi connectivity index (χ0) is 18.1. The van der Waals surface area contributed by atoms with Crippen LogP contribution in [0.2, 0.25) is 0 Å². The molecule has 1 saturated heterocycles. The summed E-state index contributed by atoms with van der Waals surface area (Å²) in [7, 11) is 3.58. The maximum Gasteiger partial charge on any atom is 0.239 e. The highest BCUT2D eigenvalue weighted by molar-refractivity contribution is 5.84. The maximum atomic E-state index is 13.1. The van der Waals surface area contributed by atoms with Crippen molar-refractivity contribution < 1.29 is 9.59 Å². The molecule has 138 valence electrons. The topological polar surface area (TPSA) is 52.7 Å². The highest BCUT2D eigenvalue weighted by atomic mass is 16.2. The normalized spacial score (nSPS) is 30.9. The summed E-state index contributed by atoms with van der Waals surface area (Å²) in [5, 5.41) is 3.34. The molecule has 0 radical (unpaired) electrons. The predicted molar refractivity (Wildman–Crippen MR) is 96.6 cm³/mol. The lowest BCUT2D eigenvalue weighted by Gasteiger charge is -2.42. The van der Waals surface area contributed by atoms with Crippen LogP contribution in [0.4, 0.5) is 0 Å². The van der Waals surface area contributed by atoms with Crippen LogP contribution in [0.1, 0.15) is 59.8 Å². The van der Waals surface area contributed by atoms with E-state index in [4.69, 9.17) is 0 Å². The molecule has 5 nitrogen and oxygen atoms in total. The van der Waals surface area contributed by atoms with Crippen molar-refractivity contribution in [2.24, 2.45) is 11.3 Å². The summed E-state index contributed by atoms with van der Waals surface area (Å²) in [4.78, 5) is 29.2. The van der Waals surface area contributed by atoms with Gasteiger partial charge in [0.2, 0.25) is 11.8 Å². The molecular weight excluding hydrogens is 302 g/mol. The van der Waals surface area contributed by atoms with Crippen molar-refractivity contribution in [2.45, 2.75) is 77.9 Å². The molecule has 1 saturated carbocycles. The second-order valence-corrected chi connectivity index (χ2v) is 8.96. The molecule has 5 heteroatoms. The SMILES string of the molecule is CC1CCC(N(C(=O)C(C)(C)C)C2CN[C@H](C(=O)N(C)C)C2)CC1. The molecule has 0 aromatic heterocycles. The third-order valence-electron chi connectivity index (χ3n) is 5.49. The molecule has 1 aliphatic carbocycles. The van der Waals surface area contributed by atoms with Crippen molar-refractivity contribution in [3.05, 3.63) is 0 Å². The third-order valence-corrected chi connectivity index (χ3v) is 5.49. The minimum atomic E-state index is -0.382. The number of hydrogen-bond donors (Lipinski definition) is 1.